The molecule has 0 aliphatic carbocycles. The molecule has 158 valence electrons. The third-order valence-electron chi connectivity index (χ3n) is 5.64. The van der Waals surface area contributed by atoms with Crippen molar-refractivity contribution in [2.24, 2.45) is 0 Å². The van der Waals surface area contributed by atoms with E-state index < -0.39 is 0 Å². The van der Waals surface area contributed by atoms with Crippen LogP contribution in [0.25, 0.3) is 10.8 Å². The molecule has 1 aromatic carbocycles. The van der Waals surface area contributed by atoms with Gasteiger partial charge in [0.25, 0.3) is 5.91 Å². The molecular formula is C22H22N6O2S. The quantitative estimate of drug-likeness (QED) is 0.533. The number of fused-ring (bicyclic) bond motifs is 2. The van der Waals surface area contributed by atoms with E-state index in [1.54, 1.807) is 28.3 Å². The summed E-state index contributed by atoms with van der Waals surface area (Å²) >= 11 is 1.57. The number of pyridine rings is 1. The van der Waals surface area contributed by atoms with Gasteiger partial charge in [0, 0.05) is 42.2 Å². The topological polar surface area (TPSA) is 94.7 Å². The molecule has 0 radical (unpaired) electrons. The Morgan fingerprint density at radius 2 is 2.13 bits per heavy atom. The number of thiazole rings is 1. The Hall–Kier alpha value is -3.33. The number of carbonyl (C=O) groups excluding carboxylic acids is 1. The van der Waals surface area contributed by atoms with E-state index in [2.05, 4.69) is 20.4 Å². The second-order valence-corrected chi connectivity index (χ2v) is 8.83. The first-order valence-electron chi connectivity index (χ1n) is 10.3. The molecule has 0 bridgehead atoms. The van der Waals surface area contributed by atoms with Crippen LogP contribution >= 0.6 is 11.3 Å². The van der Waals surface area contributed by atoms with E-state index in [-0.39, 0.29) is 17.6 Å². The standard InChI is InChI=1S/C22H22N6O2S/c1-14-24-17(13-31-14)12-28-22(30)27-9-8-16(6-7-20(27)26-28)25-21(29)19-11-23-10-15-4-2-3-5-18(15)19/h2-5,10-11,13,16H,6-9,12H2,1H3,(H,25,29). The molecule has 3 aromatic heterocycles. The Balaban J connectivity index is 1.29. The zero-order chi connectivity index (χ0) is 21.4. The van der Waals surface area contributed by atoms with Gasteiger partial charge in [0.15, 0.2) is 0 Å². The van der Waals surface area contributed by atoms with Gasteiger partial charge >= 0.3 is 5.69 Å². The summed E-state index contributed by atoms with van der Waals surface area (Å²) in [7, 11) is 0. The van der Waals surface area contributed by atoms with Gasteiger partial charge in [-0.05, 0) is 25.2 Å². The van der Waals surface area contributed by atoms with E-state index >= 15 is 0 Å². The molecule has 1 N–H and O–H groups in total. The summed E-state index contributed by atoms with van der Waals surface area (Å²) in [5.74, 6) is 0.630. The number of rotatable bonds is 4. The van der Waals surface area contributed by atoms with Crippen molar-refractivity contribution in [3.63, 3.8) is 0 Å². The number of benzene rings is 1. The third kappa shape index (κ3) is 3.88. The maximum atomic E-state index is 12.9. The van der Waals surface area contributed by atoms with Crippen molar-refractivity contribution in [3.8, 4) is 0 Å². The normalized spacial score (nSPS) is 16.1. The molecule has 31 heavy (non-hydrogen) atoms. The van der Waals surface area contributed by atoms with Crippen molar-refractivity contribution in [2.45, 2.75) is 45.3 Å². The van der Waals surface area contributed by atoms with Crippen LogP contribution in [0.3, 0.4) is 0 Å². The number of hydrogen-bond donors (Lipinski definition) is 1. The number of amides is 1. The fourth-order valence-electron chi connectivity index (χ4n) is 4.07. The predicted molar refractivity (Wildman–Crippen MR) is 118 cm³/mol. The molecule has 4 heterocycles. The van der Waals surface area contributed by atoms with Crippen LogP contribution in [0.4, 0.5) is 0 Å². The molecule has 1 unspecified atom stereocenters. The van der Waals surface area contributed by atoms with E-state index in [9.17, 15) is 9.59 Å². The van der Waals surface area contributed by atoms with Crippen LogP contribution in [0.15, 0.2) is 46.8 Å². The Labute approximate surface area is 182 Å². The van der Waals surface area contributed by atoms with E-state index in [0.29, 0.717) is 31.5 Å². The van der Waals surface area contributed by atoms with E-state index in [1.165, 1.54) is 4.68 Å². The number of aryl methyl sites for hydroxylation is 2. The zero-order valence-electron chi connectivity index (χ0n) is 17.1. The molecule has 0 spiro atoms. The number of aromatic nitrogens is 5. The Bertz CT molecular complexity index is 1320. The van der Waals surface area contributed by atoms with Gasteiger partial charge in [0.05, 0.1) is 22.8 Å². The molecule has 1 aliphatic heterocycles. The van der Waals surface area contributed by atoms with Gasteiger partial charge in [-0.3, -0.25) is 14.3 Å². The maximum Gasteiger partial charge on any atom is 0.346 e. The van der Waals surface area contributed by atoms with Gasteiger partial charge in [0.2, 0.25) is 0 Å². The summed E-state index contributed by atoms with van der Waals surface area (Å²) in [4.78, 5) is 34.4. The molecule has 1 atom stereocenters. The largest absolute Gasteiger partial charge is 0.349 e. The Kier molecular flexibility index (Phi) is 5.11. The summed E-state index contributed by atoms with van der Waals surface area (Å²) < 4.78 is 3.22. The van der Waals surface area contributed by atoms with Gasteiger partial charge in [-0.25, -0.2) is 14.5 Å². The smallest absolute Gasteiger partial charge is 0.346 e. The average Bonchev–Trinajstić information content (AvgIpc) is 3.24. The maximum absolute atomic E-state index is 12.9. The predicted octanol–water partition coefficient (Wildman–Crippen LogP) is 2.54. The first-order valence-corrected chi connectivity index (χ1v) is 11.2. The average molecular weight is 435 g/mol. The highest BCUT2D eigenvalue weighted by molar-refractivity contribution is 7.09. The van der Waals surface area contributed by atoms with Crippen molar-refractivity contribution in [1.29, 1.82) is 0 Å². The molecule has 4 aromatic rings. The van der Waals surface area contributed by atoms with Gasteiger partial charge in [-0.1, -0.05) is 24.3 Å². The van der Waals surface area contributed by atoms with Crippen LogP contribution in [0.1, 0.15) is 39.7 Å². The molecule has 1 aliphatic rings. The summed E-state index contributed by atoms with van der Waals surface area (Å²) in [6, 6.07) is 7.70. The highest BCUT2D eigenvalue weighted by Gasteiger charge is 2.23. The number of carbonyl (C=O) groups is 1. The number of hydrogen-bond acceptors (Lipinski definition) is 6. The minimum atomic E-state index is -0.134. The molecular weight excluding hydrogens is 412 g/mol. The monoisotopic (exact) mass is 434 g/mol. The minimum Gasteiger partial charge on any atom is -0.349 e. The van der Waals surface area contributed by atoms with Crippen molar-refractivity contribution >= 4 is 28.0 Å². The summed E-state index contributed by atoms with van der Waals surface area (Å²) in [5, 5.41) is 12.4. The highest BCUT2D eigenvalue weighted by atomic mass is 32.1. The van der Waals surface area contributed by atoms with Crippen LogP contribution in [0.5, 0.6) is 0 Å². The number of nitrogens with zero attached hydrogens (tertiary/aromatic N) is 5. The van der Waals surface area contributed by atoms with Crippen LogP contribution in [0, 0.1) is 6.92 Å². The Morgan fingerprint density at radius 3 is 2.97 bits per heavy atom. The lowest BCUT2D eigenvalue weighted by Gasteiger charge is -2.16. The molecule has 0 fully saturated rings. The van der Waals surface area contributed by atoms with Gasteiger partial charge in [-0.2, -0.15) is 5.10 Å². The van der Waals surface area contributed by atoms with Crippen molar-refractivity contribution < 1.29 is 4.79 Å². The van der Waals surface area contributed by atoms with E-state index in [4.69, 9.17) is 0 Å². The second-order valence-electron chi connectivity index (χ2n) is 7.77. The van der Waals surface area contributed by atoms with Crippen LogP contribution in [-0.4, -0.2) is 36.3 Å². The fourth-order valence-corrected chi connectivity index (χ4v) is 4.67. The molecule has 9 heteroatoms. The van der Waals surface area contributed by atoms with Gasteiger partial charge < -0.3 is 5.32 Å². The first-order chi connectivity index (χ1) is 15.1. The summed E-state index contributed by atoms with van der Waals surface area (Å²) in [6.07, 6.45) is 5.42. The lowest BCUT2D eigenvalue weighted by atomic mass is 10.1. The van der Waals surface area contributed by atoms with E-state index in [1.807, 2.05) is 36.6 Å². The SMILES string of the molecule is Cc1nc(Cn2nc3n(c2=O)CCC(NC(=O)c2cncc4ccccc24)CC3)cs1. The Morgan fingerprint density at radius 1 is 1.26 bits per heavy atom. The molecule has 0 saturated heterocycles. The molecule has 8 nitrogen and oxygen atoms in total. The van der Waals surface area contributed by atoms with Crippen molar-refractivity contribution in [2.75, 3.05) is 0 Å². The second kappa shape index (κ2) is 8.07. The molecule has 1 amide bonds. The van der Waals surface area contributed by atoms with Gasteiger partial charge in [-0.15, -0.1) is 11.3 Å². The van der Waals surface area contributed by atoms with Crippen molar-refractivity contribution in [3.05, 3.63) is 74.6 Å². The van der Waals surface area contributed by atoms with E-state index in [0.717, 1.165) is 33.7 Å². The fraction of sp³-hybridized carbons (Fsp3) is 0.318. The van der Waals surface area contributed by atoms with Crippen molar-refractivity contribution in [1.82, 2.24) is 29.6 Å². The van der Waals surface area contributed by atoms with Crippen LogP contribution in [0.2, 0.25) is 0 Å². The summed E-state index contributed by atoms with van der Waals surface area (Å²) in [6.45, 7) is 2.86. The first kappa shape index (κ1) is 19.6. The van der Waals surface area contributed by atoms with Gasteiger partial charge in [0.1, 0.15) is 5.82 Å². The lowest BCUT2D eigenvalue weighted by molar-refractivity contribution is 0.0934. The third-order valence-corrected chi connectivity index (χ3v) is 6.47. The summed E-state index contributed by atoms with van der Waals surface area (Å²) in [5.41, 5.74) is 1.30. The highest BCUT2D eigenvalue weighted by Crippen LogP contribution is 2.18. The minimum absolute atomic E-state index is 0.0257. The molecule has 5 rings (SSSR count). The van der Waals surface area contributed by atoms with Crippen LogP contribution < -0.4 is 11.0 Å². The number of nitrogens with one attached hydrogen (secondary N) is 1. The zero-order valence-corrected chi connectivity index (χ0v) is 17.9. The lowest BCUT2D eigenvalue weighted by Crippen LogP contribution is -2.36. The molecule has 0 saturated carbocycles. The van der Waals surface area contributed by atoms with Crippen LogP contribution in [-0.2, 0) is 19.5 Å².